The van der Waals surface area contributed by atoms with Crippen LogP contribution in [0, 0.1) is 0 Å². The van der Waals surface area contributed by atoms with E-state index in [9.17, 15) is 4.79 Å². The van der Waals surface area contributed by atoms with Crippen LogP contribution >= 0.6 is 11.3 Å². The predicted molar refractivity (Wildman–Crippen MR) is 92.0 cm³/mol. The van der Waals surface area contributed by atoms with Gasteiger partial charge < -0.3 is 15.2 Å². The van der Waals surface area contributed by atoms with Crippen molar-refractivity contribution < 1.29 is 4.79 Å². The van der Waals surface area contributed by atoms with Crippen molar-refractivity contribution in [3.63, 3.8) is 0 Å². The number of amides is 1. The molecule has 1 unspecified atom stereocenters. The molecule has 0 radical (unpaired) electrons. The quantitative estimate of drug-likeness (QED) is 0.758. The summed E-state index contributed by atoms with van der Waals surface area (Å²) in [4.78, 5) is 30.9. The monoisotopic (exact) mass is 340 g/mol. The van der Waals surface area contributed by atoms with Gasteiger partial charge in [-0.25, -0.2) is 9.97 Å². The number of hydrogen-bond donors (Lipinski definition) is 2. The molecule has 8 heteroatoms. The standard InChI is InChI=1S/C16H16N6OS/c23-15(14-8-17-10-24-14)20-11-4-7-22(9-11)16-19-6-3-13(21-16)12-2-1-5-18-12/h1-3,5-6,8,10-11,18H,4,7,9H2,(H,20,23). The zero-order valence-corrected chi connectivity index (χ0v) is 13.7. The van der Waals surface area contributed by atoms with Crippen LogP contribution in [-0.4, -0.2) is 45.0 Å². The molecule has 1 fully saturated rings. The summed E-state index contributed by atoms with van der Waals surface area (Å²) < 4.78 is 0. The fourth-order valence-corrected chi connectivity index (χ4v) is 3.31. The van der Waals surface area contributed by atoms with Crippen molar-refractivity contribution in [2.24, 2.45) is 0 Å². The Bertz CT molecular complexity index is 817. The number of carbonyl (C=O) groups is 1. The average Bonchev–Trinajstić information content (AvgIpc) is 3.36. The van der Waals surface area contributed by atoms with E-state index < -0.39 is 0 Å². The Morgan fingerprint density at radius 3 is 3.17 bits per heavy atom. The first-order valence-corrected chi connectivity index (χ1v) is 8.58. The lowest BCUT2D eigenvalue weighted by molar-refractivity contribution is 0.0944. The molecule has 1 amide bonds. The Morgan fingerprint density at radius 2 is 2.38 bits per heavy atom. The van der Waals surface area contributed by atoms with Crippen LogP contribution in [0.1, 0.15) is 16.1 Å². The summed E-state index contributed by atoms with van der Waals surface area (Å²) in [6, 6.07) is 5.90. The van der Waals surface area contributed by atoms with Gasteiger partial charge in [-0.2, -0.15) is 0 Å². The van der Waals surface area contributed by atoms with Gasteiger partial charge in [0.05, 0.1) is 23.1 Å². The third kappa shape index (κ3) is 3.00. The summed E-state index contributed by atoms with van der Waals surface area (Å²) in [5.41, 5.74) is 3.49. The molecule has 3 aromatic heterocycles. The topological polar surface area (TPSA) is 86.8 Å². The minimum absolute atomic E-state index is 0.0644. The second kappa shape index (κ2) is 6.40. The largest absolute Gasteiger partial charge is 0.360 e. The highest BCUT2D eigenvalue weighted by molar-refractivity contribution is 7.11. The fourth-order valence-electron chi connectivity index (χ4n) is 2.78. The van der Waals surface area contributed by atoms with E-state index in [0.29, 0.717) is 17.4 Å². The molecule has 0 spiro atoms. The number of rotatable bonds is 4. The van der Waals surface area contributed by atoms with Crippen molar-refractivity contribution in [2.75, 3.05) is 18.0 Å². The second-order valence-electron chi connectivity index (χ2n) is 5.60. The normalized spacial score (nSPS) is 17.2. The number of carbonyl (C=O) groups excluding carboxylic acids is 1. The van der Waals surface area contributed by atoms with E-state index >= 15 is 0 Å². The van der Waals surface area contributed by atoms with Gasteiger partial charge in [0.2, 0.25) is 5.95 Å². The van der Waals surface area contributed by atoms with Crippen molar-refractivity contribution in [2.45, 2.75) is 12.5 Å². The summed E-state index contributed by atoms with van der Waals surface area (Å²) in [6.07, 6.45) is 6.11. The predicted octanol–water partition coefficient (Wildman–Crippen LogP) is 1.94. The van der Waals surface area contributed by atoms with Gasteiger partial charge in [0.25, 0.3) is 5.91 Å². The minimum atomic E-state index is -0.0644. The van der Waals surface area contributed by atoms with Gasteiger partial charge in [-0.15, -0.1) is 11.3 Å². The molecule has 1 aliphatic heterocycles. The summed E-state index contributed by atoms with van der Waals surface area (Å²) in [7, 11) is 0. The molecule has 4 rings (SSSR count). The SMILES string of the molecule is O=C(NC1CCN(c2nccc(-c3ccc[nH]3)n2)C1)c1cncs1. The van der Waals surface area contributed by atoms with E-state index in [4.69, 9.17) is 0 Å². The number of nitrogens with zero attached hydrogens (tertiary/aromatic N) is 4. The Labute approximate surface area is 142 Å². The molecule has 2 N–H and O–H groups in total. The first kappa shape index (κ1) is 14.8. The molecule has 0 bridgehead atoms. The van der Waals surface area contributed by atoms with Gasteiger partial charge in [0.15, 0.2) is 0 Å². The van der Waals surface area contributed by atoms with E-state index in [1.165, 1.54) is 11.3 Å². The Hall–Kier alpha value is -2.74. The number of H-pyrrole nitrogens is 1. The second-order valence-corrected chi connectivity index (χ2v) is 6.48. The van der Waals surface area contributed by atoms with Crippen molar-refractivity contribution >= 4 is 23.2 Å². The molecule has 1 saturated heterocycles. The van der Waals surface area contributed by atoms with Crippen LogP contribution in [0.5, 0.6) is 0 Å². The van der Waals surface area contributed by atoms with Crippen LogP contribution in [0.25, 0.3) is 11.4 Å². The number of hydrogen-bond acceptors (Lipinski definition) is 6. The van der Waals surface area contributed by atoms with Crippen LogP contribution < -0.4 is 10.2 Å². The highest BCUT2D eigenvalue weighted by Gasteiger charge is 2.26. The summed E-state index contributed by atoms with van der Waals surface area (Å²) in [5, 5.41) is 3.05. The van der Waals surface area contributed by atoms with Crippen LogP contribution in [0.2, 0.25) is 0 Å². The third-order valence-electron chi connectivity index (χ3n) is 3.98. The lowest BCUT2D eigenvalue weighted by Crippen LogP contribution is -2.37. The summed E-state index contributed by atoms with van der Waals surface area (Å²) >= 11 is 1.35. The number of anilines is 1. The molecule has 0 aromatic carbocycles. The Balaban J connectivity index is 1.43. The summed E-state index contributed by atoms with van der Waals surface area (Å²) in [5.74, 6) is 0.627. The summed E-state index contributed by atoms with van der Waals surface area (Å²) in [6.45, 7) is 1.53. The first-order chi connectivity index (χ1) is 11.8. The van der Waals surface area contributed by atoms with Crippen LogP contribution in [0.3, 0.4) is 0 Å². The lowest BCUT2D eigenvalue weighted by Gasteiger charge is -2.17. The van der Waals surface area contributed by atoms with Gasteiger partial charge >= 0.3 is 0 Å². The van der Waals surface area contributed by atoms with Gasteiger partial charge in [-0.1, -0.05) is 0 Å². The van der Waals surface area contributed by atoms with Gasteiger partial charge in [-0.3, -0.25) is 9.78 Å². The van der Waals surface area contributed by atoms with E-state index in [1.807, 2.05) is 24.4 Å². The highest BCUT2D eigenvalue weighted by Crippen LogP contribution is 2.20. The van der Waals surface area contributed by atoms with Crippen molar-refractivity contribution in [3.8, 4) is 11.4 Å². The molecule has 0 aliphatic carbocycles. The maximum Gasteiger partial charge on any atom is 0.263 e. The van der Waals surface area contributed by atoms with E-state index in [1.54, 1.807) is 17.9 Å². The zero-order chi connectivity index (χ0) is 16.4. The van der Waals surface area contributed by atoms with Crippen LogP contribution in [0.4, 0.5) is 5.95 Å². The molecule has 3 aromatic rings. The van der Waals surface area contributed by atoms with Crippen LogP contribution in [0.15, 0.2) is 42.3 Å². The minimum Gasteiger partial charge on any atom is -0.360 e. The first-order valence-electron chi connectivity index (χ1n) is 7.71. The van der Waals surface area contributed by atoms with E-state index in [2.05, 4.69) is 30.2 Å². The molecule has 24 heavy (non-hydrogen) atoms. The molecule has 0 saturated carbocycles. The maximum absolute atomic E-state index is 12.1. The Kier molecular flexibility index (Phi) is 3.96. The molecule has 1 aliphatic rings. The van der Waals surface area contributed by atoms with E-state index in [-0.39, 0.29) is 11.9 Å². The smallest absolute Gasteiger partial charge is 0.263 e. The van der Waals surface area contributed by atoms with Crippen molar-refractivity contribution in [3.05, 3.63) is 47.2 Å². The molecule has 1 atom stereocenters. The molecule has 7 nitrogen and oxygen atoms in total. The van der Waals surface area contributed by atoms with E-state index in [0.717, 1.165) is 24.4 Å². The van der Waals surface area contributed by atoms with Gasteiger partial charge in [0.1, 0.15) is 4.88 Å². The number of thiazole rings is 1. The number of aromatic amines is 1. The average molecular weight is 340 g/mol. The number of nitrogens with one attached hydrogen (secondary N) is 2. The third-order valence-corrected chi connectivity index (χ3v) is 4.75. The van der Waals surface area contributed by atoms with Gasteiger partial charge in [0, 0.05) is 31.5 Å². The molecule has 4 heterocycles. The Morgan fingerprint density at radius 1 is 1.42 bits per heavy atom. The molecular formula is C16H16N6OS. The van der Waals surface area contributed by atoms with Gasteiger partial charge in [-0.05, 0) is 24.6 Å². The van der Waals surface area contributed by atoms with Crippen LogP contribution in [-0.2, 0) is 0 Å². The molecular weight excluding hydrogens is 324 g/mol. The highest BCUT2D eigenvalue weighted by atomic mass is 32.1. The maximum atomic E-state index is 12.1. The zero-order valence-electron chi connectivity index (χ0n) is 12.8. The van der Waals surface area contributed by atoms with Crippen molar-refractivity contribution in [1.29, 1.82) is 0 Å². The fraction of sp³-hybridized carbons (Fsp3) is 0.250. The number of aromatic nitrogens is 4. The van der Waals surface area contributed by atoms with Crippen molar-refractivity contribution in [1.82, 2.24) is 25.3 Å². The lowest BCUT2D eigenvalue weighted by atomic mass is 10.2. The molecule has 122 valence electrons.